The average molecular weight is 354 g/mol. The average Bonchev–Trinajstić information content (AvgIpc) is 2.94. The van der Waals surface area contributed by atoms with Gasteiger partial charge in [-0.05, 0) is 71.6 Å². The lowest BCUT2D eigenvalue weighted by Crippen LogP contribution is -2.74. The van der Waals surface area contributed by atoms with Gasteiger partial charge in [0, 0.05) is 30.8 Å². The van der Waals surface area contributed by atoms with E-state index in [-0.39, 0.29) is 11.1 Å². The minimum Gasteiger partial charge on any atom is -0.386 e. The van der Waals surface area contributed by atoms with E-state index in [0.717, 1.165) is 11.8 Å². The number of hydrogen-bond donors (Lipinski definition) is 0. The maximum absolute atomic E-state index is 6.43. The molecule has 0 N–H and O–H groups in total. The Bertz CT molecular complexity index is 417. The first-order valence-electron chi connectivity index (χ1n) is 10.2. The van der Waals surface area contributed by atoms with Gasteiger partial charge in [-0.1, -0.05) is 25.7 Å². The molecule has 0 aromatic rings. The van der Waals surface area contributed by atoms with Gasteiger partial charge in [0.2, 0.25) is 0 Å². The molecule has 2 aliphatic carbocycles. The Morgan fingerprint density at radius 2 is 1.25 bits per heavy atom. The Morgan fingerprint density at radius 3 is 1.67 bits per heavy atom. The first-order valence-corrected chi connectivity index (χ1v) is 12.0. The first kappa shape index (κ1) is 18.9. The fraction of sp³-hybridized carbons (Fsp3) is 1.00. The molecule has 0 aromatic carbocycles. The molecule has 3 rings (SSSR count). The molecule has 140 valence electrons. The summed E-state index contributed by atoms with van der Waals surface area (Å²) in [6.45, 7) is 9.65. The van der Waals surface area contributed by atoms with Crippen molar-refractivity contribution in [1.82, 2.24) is 4.57 Å². The fourth-order valence-corrected chi connectivity index (χ4v) is 11.3. The van der Waals surface area contributed by atoms with Gasteiger partial charge in [0.1, 0.15) is 0 Å². The van der Waals surface area contributed by atoms with Crippen LogP contribution < -0.4 is 0 Å². The third-order valence-corrected chi connectivity index (χ3v) is 11.9. The normalized spacial score (nSPS) is 36.5. The standard InChI is InChI=1S/C20H39NO2Si/c1-19(2)12-9-13-20(3,4)21(19)24(22-5,23-6)18-14-16-10-7-8-11-17(16)15-18/h16-18H,7-15H2,1-6H3. The lowest BCUT2D eigenvalue weighted by molar-refractivity contribution is -0.0140. The van der Waals surface area contributed by atoms with Gasteiger partial charge in [0.15, 0.2) is 0 Å². The predicted octanol–water partition coefficient (Wildman–Crippen LogP) is 5.23. The molecule has 2 atom stereocenters. The molecule has 0 spiro atoms. The number of piperidine rings is 1. The van der Waals surface area contributed by atoms with Crippen LogP contribution in [0, 0.1) is 11.8 Å². The molecule has 4 heteroatoms. The summed E-state index contributed by atoms with van der Waals surface area (Å²) in [6.07, 6.45) is 12.2. The van der Waals surface area contributed by atoms with Crippen LogP contribution in [-0.4, -0.2) is 38.6 Å². The van der Waals surface area contributed by atoms with E-state index < -0.39 is 8.72 Å². The van der Waals surface area contributed by atoms with Crippen molar-refractivity contribution < 1.29 is 8.85 Å². The number of nitrogens with zero attached hydrogens (tertiary/aromatic N) is 1. The molecule has 0 bridgehead atoms. The number of fused-ring (bicyclic) bond motifs is 1. The van der Waals surface area contributed by atoms with Crippen molar-refractivity contribution in [2.24, 2.45) is 11.8 Å². The minimum atomic E-state index is -2.44. The second-order valence-corrected chi connectivity index (χ2v) is 13.2. The van der Waals surface area contributed by atoms with Gasteiger partial charge in [0.05, 0.1) is 0 Å². The summed E-state index contributed by atoms with van der Waals surface area (Å²) < 4.78 is 15.6. The van der Waals surface area contributed by atoms with Gasteiger partial charge >= 0.3 is 8.72 Å². The second kappa shape index (κ2) is 6.68. The smallest absolute Gasteiger partial charge is 0.386 e. The summed E-state index contributed by atoms with van der Waals surface area (Å²) in [4.78, 5) is 0. The Kier molecular flexibility index (Phi) is 5.25. The first-order chi connectivity index (χ1) is 11.3. The van der Waals surface area contributed by atoms with Gasteiger partial charge in [0.25, 0.3) is 0 Å². The van der Waals surface area contributed by atoms with Crippen LogP contribution in [-0.2, 0) is 8.85 Å². The highest BCUT2D eigenvalue weighted by atomic mass is 28.4. The molecule has 3 fully saturated rings. The summed E-state index contributed by atoms with van der Waals surface area (Å²) in [5, 5.41) is 0. The van der Waals surface area contributed by atoms with Crippen LogP contribution in [0.5, 0.6) is 0 Å². The van der Waals surface area contributed by atoms with E-state index in [1.54, 1.807) is 0 Å². The van der Waals surface area contributed by atoms with Gasteiger partial charge < -0.3 is 8.85 Å². The van der Waals surface area contributed by atoms with Crippen molar-refractivity contribution in [2.45, 2.75) is 102 Å². The van der Waals surface area contributed by atoms with Crippen LogP contribution in [0.15, 0.2) is 0 Å². The Balaban J connectivity index is 1.95. The summed E-state index contributed by atoms with van der Waals surface area (Å²) in [7, 11) is 1.42. The van der Waals surface area contributed by atoms with E-state index >= 15 is 0 Å². The molecule has 24 heavy (non-hydrogen) atoms. The molecule has 3 aliphatic rings. The molecule has 1 saturated heterocycles. The topological polar surface area (TPSA) is 21.7 Å². The summed E-state index contributed by atoms with van der Waals surface area (Å²) in [5.41, 5.74) is 0.943. The predicted molar refractivity (Wildman–Crippen MR) is 102 cm³/mol. The van der Waals surface area contributed by atoms with Crippen molar-refractivity contribution in [3.05, 3.63) is 0 Å². The quantitative estimate of drug-likeness (QED) is 0.646. The molecule has 1 heterocycles. The molecule has 1 aliphatic heterocycles. The third-order valence-electron chi connectivity index (χ3n) is 7.44. The maximum atomic E-state index is 6.43. The lowest BCUT2D eigenvalue weighted by Gasteiger charge is -2.59. The Morgan fingerprint density at radius 1 is 0.792 bits per heavy atom. The lowest BCUT2D eigenvalue weighted by atomic mass is 9.82. The molecular formula is C20H39NO2Si. The van der Waals surface area contributed by atoms with Gasteiger partial charge in [-0.3, -0.25) is 4.57 Å². The van der Waals surface area contributed by atoms with E-state index in [9.17, 15) is 0 Å². The fourth-order valence-electron chi connectivity index (χ4n) is 6.65. The van der Waals surface area contributed by atoms with Crippen molar-refractivity contribution in [3.63, 3.8) is 0 Å². The molecule has 0 radical (unpaired) electrons. The van der Waals surface area contributed by atoms with Crippen LogP contribution >= 0.6 is 0 Å². The highest BCUT2D eigenvalue weighted by molar-refractivity contribution is 6.66. The van der Waals surface area contributed by atoms with Gasteiger partial charge in [-0.2, -0.15) is 0 Å². The highest BCUT2D eigenvalue weighted by Gasteiger charge is 2.62. The zero-order valence-electron chi connectivity index (χ0n) is 16.9. The molecule has 0 amide bonds. The van der Waals surface area contributed by atoms with E-state index in [4.69, 9.17) is 8.85 Å². The van der Waals surface area contributed by atoms with Crippen molar-refractivity contribution in [2.75, 3.05) is 14.2 Å². The second-order valence-electron chi connectivity index (χ2n) is 9.83. The largest absolute Gasteiger partial charge is 0.431 e. The molecule has 2 unspecified atom stereocenters. The zero-order chi connectivity index (χ0) is 17.6. The van der Waals surface area contributed by atoms with Crippen LogP contribution in [0.2, 0.25) is 5.54 Å². The Hall–Kier alpha value is 0.0969. The maximum Gasteiger partial charge on any atom is 0.431 e. The third kappa shape index (κ3) is 3.02. The van der Waals surface area contributed by atoms with E-state index in [1.807, 2.05) is 14.2 Å². The van der Waals surface area contributed by atoms with Gasteiger partial charge in [-0.25, -0.2) is 0 Å². The molecular weight excluding hydrogens is 314 g/mol. The van der Waals surface area contributed by atoms with Crippen molar-refractivity contribution in [3.8, 4) is 0 Å². The minimum absolute atomic E-state index is 0.160. The monoisotopic (exact) mass is 353 g/mol. The SMILES string of the molecule is CO[Si](OC)(C1CC2CCCCC2C1)N1C(C)(C)CCCC1(C)C. The summed E-state index contributed by atoms with van der Waals surface area (Å²) in [5.74, 6) is 1.86. The molecule has 0 aromatic heterocycles. The van der Waals surface area contributed by atoms with E-state index in [1.165, 1.54) is 57.8 Å². The highest BCUT2D eigenvalue weighted by Crippen LogP contribution is 2.55. The van der Waals surface area contributed by atoms with Crippen LogP contribution in [0.3, 0.4) is 0 Å². The number of hydrogen-bond acceptors (Lipinski definition) is 3. The zero-order valence-corrected chi connectivity index (χ0v) is 17.9. The van der Waals surface area contributed by atoms with Crippen molar-refractivity contribution >= 4 is 8.72 Å². The van der Waals surface area contributed by atoms with E-state index in [0.29, 0.717) is 5.54 Å². The molecule has 3 nitrogen and oxygen atoms in total. The Labute approximate surface area is 150 Å². The summed E-state index contributed by atoms with van der Waals surface area (Å²) >= 11 is 0. The van der Waals surface area contributed by atoms with Crippen molar-refractivity contribution in [1.29, 1.82) is 0 Å². The molecule has 2 saturated carbocycles. The summed E-state index contributed by atoms with van der Waals surface area (Å²) in [6, 6.07) is 0. The van der Waals surface area contributed by atoms with Crippen LogP contribution in [0.4, 0.5) is 0 Å². The van der Waals surface area contributed by atoms with E-state index in [2.05, 4.69) is 32.3 Å². The number of rotatable bonds is 4. The van der Waals surface area contributed by atoms with Crippen LogP contribution in [0.1, 0.15) is 85.5 Å². The van der Waals surface area contributed by atoms with Gasteiger partial charge in [-0.15, -0.1) is 0 Å². The van der Waals surface area contributed by atoms with Crippen LogP contribution in [0.25, 0.3) is 0 Å².